The molecule has 1 saturated heterocycles. The van der Waals surface area contributed by atoms with Crippen molar-refractivity contribution in [3.63, 3.8) is 0 Å². The average Bonchev–Trinajstić information content (AvgIpc) is 2.74. The molecule has 0 aromatic heterocycles. The lowest BCUT2D eigenvalue weighted by Crippen LogP contribution is -2.28. The van der Waals surface area contributed by atoms with Gasteiger partial charge < -0.3 is 9.84 Å². The number of fused-ring (bicyclic) bond motifs is 3. The Kier molecular flexibility index (Phi) is 2.68. The summed E-state index contributed by atoms with van der Waals surface area (Å²) in [4.78, 5) is 23.9. The molecule has 0 spiro atoms. The van der Waals surface area contributed by atoms with Gasteiger partial charge in [-0.2, -0.15) is 0 Å². The number of ketones is 1. The average molecular weight is 262 g/mol. The van der Waals surface area contributed by atoms with Gasteiger partial charge in [-0.1, -0.05) is 12.5 Å². The third-order valence-corrected chi connectivity index (χ3v) is 4.86. The van der Waals surface area contributed by atoms with E-state index in [2.05, 4.69) is 0 Å². The van der Waals surface area contributed by atoms with Gasteiger partial charge in [0.15, 0.2) is 5.78 Å². The molecule has 5 atom stereocenters. The Balaban J connectivity index is 2.11. The van der Waals surface area contributed by atoms with Crippen LogP contribution in [0.25, 0.3) is 0 Å². The molecular formula is C15H18O4. The van der Waals surface area contributed by atoms with Gasteiger partial charge in [0.1, 0.15) is 6.10 Å². The molecule has 1 fully saturated rings. The van der Waals surface area contributed by atoms with E-state index in [1.807, 2.05) is 20.8 Å². The van der Waals surface area contributed by atoms with Crippen LogP contribution in [-0.2, 0) is 14.3 Å². The molecule has 0 saturated carbocycles. The molecule has 3 rings (SSSR count). The van der Waals surface area contributed by atoms with Gasteiger partial charge in [0.25, 0.3) is 0 Å². The molecule has 2 aliphatic carbocycles. The second kappa shape index (κ2) is 4.04. The minimum absolute atomic E-state index is 0.0193. The van der Waals surface area contributed by atoms with Gasteiger partial charge in [0.2, 0.25) is 0 Å². The SMILES string of the molecule is CC1=CC(=O)C2=C(C)C(O)CC3C(C)C(=O)OC3C12. The molecule has 4 heteroatoms. The quantitative estimate of drug-likeness (QED) is 0.670. The van der Waals surface area contributed by atoms with Crippen LogP contribution in [0, 0.1) is 17.8 Å². The van der Waals surface area contributed by atoms with E-state index in [1.165, 1.54) is 0 Å². The normalized spacial score (nSPS) is 41.7. The number of hydrogen-bond donors (Lipinski definition) is 1. The van der Waals surface area contributed by atoms with Gasteiger partial charge in [-0.05, 0) is 31.9 Å². The van der Waals surface area contributed by atoms with Gasteiger partial charge in [0.05, 0.1) is 12.0 Å². The van der Waals surface area contributed by atoms with E-state index in [9.17, 15) is 14.7 Å². The molecule has 0 bridgehead atoms. The molecular weight excluding hydrogens is 244 g/mol. The lowest BCUT2D eigenvalue weighted by molar-refractivity contribution is -0.144. The first-order chi connectivity index (χ1) is 8.91. The van der Waals surface area contributed by atoms with Crippen molar-refractivity contribution in [1.82, 2.24) is 0 Å². The van der Waals surface area contributed by atoms with Crippen LogP contribution < -0.4 is 0 Å². The number of ether oxygens (including phenoxy) is 1. The van der Waals surface area contributed by atoms with Crippen molar-refractivity contribution in [3.05, 3.63) is 22.8 Å². The molecule has 0 radical (unpaired) electrons. The third kappa shape index (κ3) is 1.62. The van der Waals surface area contributed by atoms with Crippen molar-refractivity contribution in [2.75, 3.05) is 0 Å². The highest BCUT2D eigenvalue weighted by molar-refractivity contribution is 6.09. The number of allylic oxidation sites excluding steroid dienone is 1. The maximum atomic E-state index is 12.1. The van der Waals surface area contributed by atoms with Crippen LogP contribution in [-0.4, -0.2) is 29.1 Å². The second-order valence-corrected chi connectivity index (χ2v) is 5.93. The predicted octanol–water partition coefficient (Wildman–Crippen LogP) is 1.39. The van der Waals surface area contributed by atoms with E-state index in [0.29, 0.717) is 12.0 Å². The number of esters is 1. The molecule has 19 heavy (non-hydrogen) atoms. The number of aliphatic hydroxyl groups is 1. The number of carbonyl (C=O) groups is 2. The van der Waals surface area contributed by atoms with Gasteiger partial charge in [-0.15, -0.1) is 0 Å². The van der Waals surface area contributed by atoms with Crippen LogP contribution in [0.15, 0.2) is 22.8 Å². The van der Waals surface area contributed by atoms with Crippen molar-refractivity contribution >= 4 is 11.8 Å². The summed E-state index contributed by atoms with van der Waals surface area (Å²) in [6.45, 7) is 5.55. The standard InChI is InChI=1S/C15H18O4/c1-6-4-11(17)13-8(3)10(16)5-9-7(2)15(18)19-14(9)12(6)13/h4,7,9-10,12,14,16H,5H2,1-3H3. The molecule has 102 valence electrons. The molecule has 0 amide bonds. The zero-order valence-corrected chi connectivity index (χ0v) is 11.3. The lowest BCUT2D eigenvalue weighted by atomic mass is 9.81. The van der Waals surface area contributed by atoms with Gasteiger partial charge >= 0.3 is 5.97 Å². The fourth-order valence-electron chi connectivity index (χ4n) is 3.67. The van der Waals surface area contributed by atoms with Crippen LogP contribution >= 0.6 is 0 Å². The molecule has 0 aromatic carbocycles. The second-order valence-electron chi connectivity index (χ2n) is 5.93. The maximum Gasteiger partial charge on any atom is 0.309 e. The Morgan fingerprint density at radius 3 is 2.68 bits per heavy atom. The molecule has 1 aliphatic heterocycles. The van der Waals surface area contributed by atoms with Crippen molar-refractivity contribution in [2.24, 2.45) is 17.8 Å². The monoisotopic (exact) mass is 262 g/mol. The molecule has 1 N–H and O–H groups in total. The van der Waals surface area contributed by atoms with Crippen LogP contribution in [0.4, 0.5) is 0 Å². The Hall–Kier alpha value is -1.42. The summed E-state index contributed by atoms with van der Waals surface area (Å²) in [5.74, 6) is -0.656. The first-order valence-electron chi connectivity index (χ1n) is 6.73. The van der Waals surface area contributed by atoms with Crippen molar-refractivity contribution in [2.45, 2.75) is 39.4 Å². The summed E-state index contributed by atoms with van der Waals surface area (Å²) in [5, 5.41) is 10.3. The summed E-state index contributed by atoms with van der Waals surface area (Å²) < 4.78 is 5.51. The summed E-state index contributed by atoms with van der Waals surface area (Å²) in [7, 11) is 0. The Bertz CT molecular complexity index is 528. The topological polar surface area (TPSA) is 63.6 Å². The minimum Gasteiger partial charge on any atom is -0.461 e. The molecule has 4 nitrogen and oxygen atoms in total. The molecule has 5 unspecified atom stereocenters. The van der Waals surface area contributed by atoms with E-state index in [4.69, 9.17) is 4.74 Å². The smallest absolute Gasteiger partial charge is 0.309 e. The first-order valence-corrected chi connectivity index (χ1v) is 6.73. The summed E-state index contributed by atoms with van der Waals surface area (Å²) in [5.41, 5.74) is 2.31. The van der Waals surface area contributed by atoms with Crippen LogP contribution in [0.5, 0.6) is 0 Å². The van der Waals surface area contributed by atoms with Crippen LogP contribution in [0.1, 0.15) is 27.2 Å². The third-order valence-electron chi connectivity index (χ3n) is 4.86. The molecule has 3 aliphatic rings. The van der Waals surface area contributed by atoms with Crippen LogP contribution in [0.3, 0.4) is 0 Å². The maximum absolute atomic E-state index is 12.1. The lowest BCUT2D eigenvalue weighted by Gasteiger charge is -2.24. The Morgan fingerprint density at radius 1 is 1.32 bits per heavy atom. The number of carbonyl (C=O) groups excluding carboxylic acids is 2. The summed E-state index contributed by atoms with van der Waals surface area (Å²) in [6, 6.07) is 0. The van der Waals surface area contributed by atoms with Crippen molar-refractivity contribution in [1.29, 1.82) is 0 Å². The van der Waals surface area contributed by atoms with E-state index < -0.39 is 6.10 Å². The van der Waals surface area contributed by atoms with E-state index in [1.54, 1.807) is 6.08 Å². The van der Waals surface area contributed by atoms with Gasteiger partial charge in [-0.3, -0.25) is 9.59 Å². The van der Waals surface area contributed by atoms with E-state index in [0.717, 1.165) is 11.1 Å². The Labute approximate surface area is 112 Å². The number of hydrogen-bond acceptors (Lipinski definition) is 4. The fourth-order valence-corrected chi connectivity index (χ4v) is 3.67. The van der Waals surface area contributed by atoms with Gasteiger partial charge in [-0.25, -0.2) is 0 Å². The fraction of sp³-hybridized carbons (Fsp3) is 0.600. The number of rotatable bonds is 0. The first kappa shape index (κ1) is 12.6. The highest BCUT2D eigenvalue weighted by atomic mass is 16.6. The highest BCUT2D eigenvalue weighted by Crippen LogP contribution is 2.47. The van der Waals surface area contributed by atoms with Crippen LogP contribution in [0.2, 0.25) is 0 Å². The van der Waals surface area contributed by atoms with E-state index >= 15 is 0 Å². The predicted molar refractivity (Wildman–Crippen MR) is 68.1 cm³/mol. The zero-order chi connectivity index (χ0) is 13.9. The van der Waals surface area contributed by atoms with Crippen molar-refractivity contribution < 1.29 is 19.4 Å². The summed E-state index contributed by atoms with van der Waals surface area (Å²) in [6.07, 6.45) is 1.14. The zero-order valence-electron chi connectivity index (χ0n) is 11.3. The largest absolute Gasteiger partial charge is 0.461 e. The summed E-state index contributed by atoms with van der Waals surface area (Å²) >= 11 is 0. The van der Waals surface area contributed by atoms with Crippen molar-refractivity contribution in [3.8, 4) is 0 Å². The molecule has 0 aromatic rings. The Morgan fingerprint density at radius 2 is 2.00 bits per heavy atom. The number of aliphatic hydroxyl groups excluding tert-OH is 1. The molecule has 1 heterocycles. The minimum atomic E-state index is -0.660. The van der Waals surface area contributed by atoms with E-state index in [-0.39, 0.29) is 35.6 Å². The highest BCUT2D eigenvalue weighted by Gasteiger charge is 2.52. The van der Waals surface area contributed by atoms with Gasteiger partial charge in [0, 0.05) is 17.4 Å².